The summed E-state index contributed by atoms with van der Waals surface area (Å²) in [6, 6.07) is 6.97. The predicted octanol–water partition coefficient (Wildman–Crippen LogP) is 1.86. The number of methoxy groups -OCH3 is 1. The van der Waals surface area contributed by atoms with Crippen molar-refractivity contribution < 1.29 is 19.7 Å². The number of aliphatic hydroxyl groups excluding tert-OH is 1. The molecule has 0 saturated carbocycles. The number of carbonyl (C=O) groups is 1. The van der Waals surface area contributed by atoms with Crippen LogP contribution in [0.25, 0.3) is 0 Å². The number of hydrogen-bond acceptors (Lipinski definition) is 4. The van der Waals surface area contributed by atoms with Crippen molar-refractivity contribution in [1.29, 1.82) is 0 Å². The van der Waals surface area contributed by atoms with Crippen LogP contribution in [0.5, 0.6) is 0 Å². The van der Waals surface area contributed by atoms with E-state index in [1.54, 1.807) is 26.4 Å². The Morgan fingerprint density at radius 3 is 2.15 bits per heavy atom. The zero-order valence-corrected chi connectivity index (χ0v) is 12.1. The molecule has 1 heterocycles. The van der Waals surface area contributed by atoms with E-state index in [0.717, 1.165) is 31.6 Å². The second-order valence-corrected chi connectivity index (χ2v) is 4.87. The molecule has 2 rings (SSSR count). The summed E-state index contributed by atoms with van der Waals surface area (Å²) < 4.78 is 4.25. The molecule has 0 bridgehead atoms. The van der Waals surface area contributed by atoms with Gasteiger partial charge in [-0.15, -0.1) is 0 Å². The predicted molar refractivity (Wildman–Crippen MR) is 78.4 cm³/mol. The third kappa shape index (κ3) is 4.83. The molecular formula is C15H23NO4. The van der Waals surface area contributed by atoms with Gasteiger partial charge in [-0.05, 0) is 43.0 Å². The number of ether oxygens (including phenoxy) is 1. The average molecular weight is 281 g/mol. The van der Waals surface area contributed by atoms with Crippen LogP contribution in [-0.2, 0) is 4.74 Å². The van der Waals surface area contributed by atoms with E-state index in [2.05, 4.69) is 9.64 Å². The molecule has 1 aliphatic heterocycles. The van der Waals surface area contributed by atoms with Crippen molar-refractivity contribution in [1.82, 2.24) is 0 Å². The first-order valence-electron chi connectivity index (χ1n) is 6.71. The van der Waals surface area contributed by atoms with Gasteiger partial charge in [-0.25, -0.2) is 4.79 Å². The molecule has 2 N–H and O–H groups in total. The Bertz CT molecular complexity index is 397. The molecule has 1 aromatic carbocycles. The summed E-state index contributed by atoms with van der Waals surface area (Å²) in [5, 5.41) is 17.9. The lowest BCUT2D eigenvalue weighted by Gasteiger charge is -2.32. The summed E-state index contributed by atoms with van der Waals surface area (Å²) in [7, 11) is 3.25. The zero-order chi connectivity index (χ0) is 15.0. The van der Waals surface area contributed by atoms with Crippen LogP contribution >= 0.6 is 0 Å². The van der Waals surface area contributed by atoms with Crippen LogP contribution in [0.3, 0.4) is 0 Å². The van der Waals surface area contributed by atoms with Gasteiger partial charge in [-0.1, -0.05) is 0 Å². The number of benzene rings is 1. The number of anilines is 1. The van der Waals surface area contributed by atoms with Crippen LogP contribution in [0.15, 0.2) is 24.3 Å². The van der Waals surface area contributed by atoms with E-state index in [9.17, 15) is 4.79 Å². The van der Waals surface area contributed by atoms with Gasteiger partial charge in [0.1, 0.15) is 0 Å². The summed E-state index contributed by atoms with van der Waals surface area (Å²) in [5.41, 5.74) is 1.38. The number of piperidine rings is 1. The van der Waals surface area contributed by atoms with Gasteiger partial charge in [0, 0.05) is 39.6 Å². The van der Waals surface area contributed by atoms with E-state index in [0.29, 0.717) is 11.5 Å². The van der Waals surface area contributed by atoms with E-state index in [-0.39, 0.29) is 6.61 Å². The molecule has 1 saturated heterocycles. The Kier molecular flexibility index (Phi) is 7.04. The fourth-order valence-electron chi connectivity index (χ4n) is 2.19. The maximum absolute atomic E-state index is 10.7. The Balaban J connectivity index is 0.000000612. The van der Waals surface area contributed by atoms with E-state index >= 15 is 0 Å². The highest BCUT2D eigenvalue weighted by Gasteiger charge is 2.18. The van der Waals surface area contributed by atoms with E-state index < -0.39 is 5.97 Å². The minimum Gasteiger partial charge on any atom is -0.478 e. The number of hydrogen-bond donors (Lipinski definition) is 2. The highest BCUT2D eigenvalue weighted by Crippen LogP contribution is 2.23. The van der Waals surface area contributed by atoms with Gasteiger partial charge >= 0.3 is 5.97 Å². The van der Waals surface area contributed by atoms with Crippen LogP contribution in [-0.4, -0.2) is 50.1 Å². The standard InChI is InChI=1S/C13H17NO3.C2H6O/c15-9-10-5-7-14(8-6-10)12-3-1-11(2-4-12)13(16)17;1-3-2/h1-4,10,15H,5-9H2,(H,16,17);1-2H3. The molecule has 20 heavy (non-hydrogen) atoms. The molecule has 0 spiro atoms. The Morgan fingerprint density at radius 1 is 1.25 bits per heavy atom. The highest BCUT2D eigenvalue weighted by atomic mass is 16.4. The summed E-state index contributed by atoms with van der Waals surface area (Å²) in [6.45, 7) is 2.13. The van der Waals surface area contributed by atoms with Crippen molar-refractivity contribution in [3.8, 4) is 0 Å². The lowest BCUT2D eigenvalue weighted by molar-refractivity contribution is 0.0697. The zero-order valence-electron chi connectivity index (χ0n) is 12.1. The van der Waals surface area contributed by atoms with E-state index in [1.165, 1.54) is 0 Å². The second kappa shape index (κ2) is 8.55. The van der Waals surface area contributed by atoms with Gasteiger partial charge < -0.3 is 19.8 Å². The van der Waals surface area contributed by atoms with Crippen LogP contribution in [0.2, 0.25) is 0 Å². The fourth-order valence-corrected chi connectivity index (χ4v) is 2.19. The minimum absolute atomic E-state index is 0.270. The maximum atomic E-state index is 10.7. The molecule has 5 heteroatoms. The first-order chi connectivity index (χ1) is 9.62. The number of carboxylic acid groups (broad SMARTS) is 1. The van der Waals surface area contributed by atoms with Gasteiger partial charge in [0.05, 0.1) is 5.56 Å². The van der Waals surface area contributed by atoms with E-state index in [4.69, 9.17) is 10.2 Å². The van der Waals surface area contributed by atoms with Crippen molar-refractivity contribution in [3.05, 3.63) is 29.8 Å². The molecule has 0 aromatic heterocycles. The monoisotopic (exact) mass is 281 g/mol. The molecule has 1 fully saturated rings. The molecule has 0 amide bonds. The number of aromatic carboxylic acids is 1. The van der Waals surface area contributed by atoms with Gasteiger partial charge in [-0.2, -0.15) is 0 Å². The summed E-state index contributed by atoms with van der Waals surface area (Å²) in [6.07, 6.45) is 1.99. The Hall–Kier alpha value is -1.59. The summed E-state index contributed by atoms with van der Waals surface area (Å²) in [5.74, 6) is -0.472. The van der Waals surface area contributed by atoms with E-state index in [1.807, 2.05) is 12.1 Å². The topological polar surface area (TPSA) is 70.0 Å². The second-order valence-electron chi connectivity index (χ2n) is 4.87. The maximum Gasteiger partial charge on any atom is 0.335 e. The lowest BCUT2D eigenvalue weighted by Crippen LogP contribution is -2.34. The Labute approximate surface area is 119 Å². The number of aliphatic hydroxyl groups is 1. The summed E-state index contributed by atoms with van der Waals surface area (Å²) >= 11 is 0. The molecule has 1 aliphatic rings. The SMILES string of the molecule is COC.O=C(O)c1ccc(N2CCC(CO)CC2)cc1. The average Bonchev–Trinajstić information content (AvgIpc) is 2.48. The lowest BCUT2D eigenvalue weighted by atomic mass is 9.97. The van der Waals surface area contributed by atoms with Gasteiger partial charge in [-0.3, -0.25) is 0 Å². The van der Waals surface area contributed by atoms with Gasteiger partial charge in [0.2, 0.25) is 0 Å². The smallest absolute Gasteiger partial charge is 0.335 e. The van der Waals surface area contributed by atoms with Crippen molar-refractivity contribution in [2.45, 2.75) is 12.8 Å². The van der Waals surface area contributed by atoms with Crippen LogP contribution in [0.4, 0.5) is 5.69 Å². The third-order valence-corrected chi connectivity index (χ3v) is 3.35. The first kappa shape index (κ1) is 16.5. The quantitative estimate of drug-likeness (QED) is 0.885. The fraction of sp³-hybridized carbons (Fsp3) is 0.533. The highest BCUT2D eigenvalue weighted by molar-refractivity contribution is 5.88. The van der Waals surface area contributed by atoms with Gasteiger partial charge in [0.15, 0.2) is 0 Å². The van der Waals surface area contributed by atoms with Crippen molar-refractivity contribution in [3.63, 3.8) is 0 Å². The number of nitrogens with zero attached hydrogens (tertiary/aromatic N) is 1. The largest absolute Gasteiger partial charge is 0.478 e. The first-order valence-corrected chi connectivity index (χ1v) is 6.71. The van der Waals surface area contributed by atoms with Gasteiger partial charge in [0.25, 0.3) is 0 Å². The number of carboxylic acids is 1. The molecule has 1 aromatic rings. The summed E-state index contributed by atoms with van der Waals surface area (Å²) in [4.78, 5) is 13.0. The van der Waals surface area contributed by atoms with Crippen molar-refractivity contribution in [2.75, 3.05) is 38.8 Å². The Morgan fingerprint density at radius 2 is 1.75 bits per heavy atom. The normalized spacial score (nSPS) is 15.4. The minimum atomic E-state index is -0.893. The number of rotatable bonds is 3. The molecule has 5 nitrogen and oxygen atoms in total. The van der Waals surface area contributed by atoms with Crippen LogP contribution in [0, 0.1) is 5.92 Å². The molecule has 112 valence electrons. The van der Waals surface area contributed by atoms with Crippen molar-refractivity contribution in [2.24, 2.45) is 5.92 Å². The third-order valence-electron chi connectivity index (χ3n) is 3.35. The van der Waals surface area contributed by atoms with Crippen molar-refractivity contribution >= 4 is 11.7 Å². The van der Waals surface area contributed by atoms with Crippen LogP contribution in [0.1, 0.15) is 23.2 Å². The molecule has 0 atom stereocenters. The molecule has 0 unspecified atom stereocenters. The molecule has 0 aliphatic carbocycles. The van der Waals surface area contributed by atoms with Crippen LogP contribution < -0.4 is 4.90 Å². The molecular weight excluding hydrogens is 258 g/mol. The molecule has 0 radical (unpaired) electrons.